The van der Waals surface area contributed by atoms with Gasteiger partial charge in [-0.05, 0) is 42.3 Å². The molecule has 0 aliphatic heterocycles. The van der Waals surface area contributed by atoms with E-state index in [2.05, 4.69) is 6.07 Å². The van der Waals surface area contributed by atoms with Crippen molar-refractivity contribution in [3.8, 4) is 11.5 Å². The number of benzene rings is 2. The highest BCUT2D eigenvalue weighted by molar-refractivity contribution is 5.88. The first-order valence-corrected chi connectivity index (χ1v) is 7.81. The Labute approximate surface area is 142 Å². The number of aromatic carboxylic acids is 1. The summed E-state index contributed by atoms with van der Waals surface area (Å²) in [5.74, 6) is -0.0488. The summed E-state index contributed by atoms with van der Waals surface area (Å²) in [6.45, 7) is 2.05. The maximum Gasteiger partial charge on any atom is 0.335 e. The smallest absolute Gasteiger partial charge is 0.335 e. The van der Waals surface area contributed by atoms with Crippen LogP contribution in [0.25, 0.3) is 0 Å². The molecule has 0 unspecified atom stereocenters. The molecule has 5 heteroatoms. The van der Waals surface area contributed by atoms with Crippen molar-refractivity contribution in [1.29, 1.82) is 0 Å². The first kappa shape index (κ1) is 17.7. The molecule has 0 spiro atoms. The fraction of sp³-hybridized carbons (Fsp3) is 0.316. The molecule has 1 N–H and O–H groups in total. The second-order valence-corrected chi connectivity index (χ2v) is 5.67. The predicted octanol–water partition coefficient (Wildman–Crippen LogP) is 3.99. The predicted molar refractivity (Wildman–Crippen MR) is 94.4 cm³/mol. The van der Waals surface area contributed by atoms with Crippen LogP contribution < -0.4 is 14.4 Å². The first-order chi connectivity index (χ1) is 11.5. The molecule has 2 aromatic rings. The Morgan fingerprint density at radius 2 is 1.92 bits per heavy atom. The van der Waals surface area contributed by atoms with Crippen molar-refractivity contribution in [2.75, 3.05) is 26.1 Å². The Morgan fingerprint density at radius 3 is 2.50 bits per heavy atom. The Balaban J connectivity index is 2.30. The highest BCUT2D eigenvalue weighted by Gasteiger charge is 2.16. The number of methoxy groups -OCH3 is 1. The summed E-state index contributed by atoms with van der Waals surface area (Å²) in [6, 6.07) is 12.8. The minimum Gasteiger partial charge on any atom is -0.493 e. The number of carboxylic acid groups (broad SMARTS) is 1. The molecule has 0 heterocycles. The monoisotopic (exact) mass is 329 g/mol. The molecule has 2 rings (SSSR count). The van der Waals surface area contributed by atoms with Gasteiger partial charge in [0.1, 0.15) is 6.10 Å². The van der Waals surface area contributed by atoms with E-state index in [9.17, 15) is 4.79 Å². The SMILES string of the molecule is CC[C@@H](Oc1ccc(C(=O)O)cc1OC)c1cccc(N(C)C)c1. The molecular formula is C19H23NO4. The number of rotatable bonds is 7. The van der Waals surface area contributed by atoms with Crippen molar-refractivity contribution in [3.05, 3.63) is 53.6 Å². The van der Waals surface area contributed by atoms with E-state index < -0.39 is 5.97 Å². The van der Waals surface area contributed by atoms with Crippen LogP contribution in [0.5, 0.6) is 11.5 Å². The van der Waals surface area contributed by atoms with Gasteiger partial charge in [0.25, 0.3) is 0 Å². The van der Waals surface area contributed by atoms with Gasteiger partial charge >= 0.3 is 5.97 Å². The lowest BCUT2D eigenvalue weighted by atomic mass is 10.1. The fourth-order valence-electron chi connectivity index (χ4n) is 2.44. The number of anilines is 1. The molecular weight excluding hydrogens is 306 g/mol. The Hall–Kier alpha value is -2.69. The number of ether oxygens (including phenoxy) is 2. The van der Waals surface area contributed by atoms with Crippen LogP contribution in [0.15, 0.2) is 42.5 Å². The molecule has 0 saturated carbocycles. The average molecular weight is 329 g/mol. The number of carbonyl (C=O) groups is 1. The standard InChI is InChI=1S/C19H23NO4/c1-5-16(13-7-6-8-15(11-13)20(2)3)24-17-10-9-14(19(21)22)12-18(17)23-4/h6-12,16H,5H2,1-4H3,(H,21,22)/t16-/m1/s1. The molecule has 0 aliphatic rings. The molecule has 128 valence electrons. The van der Waals surface area contributed by atoms with Crippen molar-refractivity contribution in [2.45, 2.75) is 19.4 Å². The lowest BCUT2D eigenvalue weighted by molar-refractivity contribution is 0.0696. The number of hydrogen-bond donors (Lipinski definition) is 1. The topological polar surface area (TPSA) is 59.0 Å². The van der Waals surface area contributed by atoms with Gasteiger partial charge in [0.15, 0.2) is 11.5 Å². The van der Waals surface area contributed by atoms with Gasteiger partial charge in [-0.1, -0.05) is 19.1 Å². The molecule has 0 saturated heterocycles. The van der Waals surface area contributed by atoms with Gasteiger partial charge in [0.05, 0.1) is 12.7 Å². The van der Waals surface area contributed by atoms with E-state index in [1.807, 2.05) is 44.1 Å². The summed E-state index contributed by atoms with van der Waals surface area (Å²) < 4.78 is 11.4. The van der Waals surface area contributed by atoms with Crippen LogP contribution in [-0.2, 0) is 0 Å². The molecule has 0 bridgehead atoms. The van der Waals surface area contributed by atoms with E-state index in [-0.39, 0.29) is 11.7 Å². The zero-order chi connectivity index (χ0) is 17.7. The minimum atomic E-state index is -0.995. The summed E-state index contributed by atoms with van der Waals surface area (Å²) >= 11 is 0. The van der Waals surface area contributed by atoms with Gasteiger partial charge in [-0.25, -0.2) is 4.79 Å². The summed E-state index contributed by atoms with van der Waals surface area (Å²) in [5, 5.41) is 9.08. The largest absolute Gasteiger partial charge is 0.493 e. The van der Waals surface area contributed by atoms with Crippen LogP contribution >= 0.6 is 0 Å². The van der Waals surface area contributed by atoms with Crippen LogP contribution in [0, 0.1) is 0 Å². The van der Waals surface area contributed by atoms with Crippen molar-refractivity contribution < 1.29 is 19.4 Å². The lowest BCUT2D eigenvalue weighted by Gasteiger charge is -2.21. The molecule has 24 heavy (non-hydrogen) atoms. The van der Waals surface area contributed by atoms with E-state index >= 15 is 0 Å². The van der Waals surface area contributed by atoms with Gasteiger partial charge in [-0.15, -0.1) is 0 Å². The lowest BCUT2D eigenvalue weighted by Crippen LogP contribution is -2.11. The third-order valence-electron chi connectivity index (χ3n) is 3.81. The molecule has 1 atom stereocenters. The van der Waals surface area contributed by atoms with Crippen LogP contribution in [0.1, 0.15) is 35.4 Å². The molecule has 0 amide bonds. The highest BCUT2D eigenvalue weighted by atomic mass is 16.5. The van der Waals surface area contributed by atoms with E-state index in [0.717, 1.165) is 17.7 Å². The van der Waals surface area contributed by atoms with Gasteiger partial charge < -0.3 is 19.5 Å². The average Bonchev–Trinajstić information content (AvgIpc) is 2.59. The van der Waals surface area contributed by atoms with Gasteiger partial charge in [0, 0.05) is 19.8 Å². The first-order valence-electron chi connectivity index (χ1n) is 7.81. The van der Waals surface area contributed by atoms with E-state index in [0.29, 0.717) is 11.5 Å². The Bertz CT molecular complexity index is 712. The number of nitrogens with zero attached hydrogens (tertiary/aromatic N) is 1. The van der Waals surface area contributed by atoms with Crippen LogP contribution in [0.3, 0.4) is 0 Å². The van der Waals surface area contributed by atoms with Gasteiger partial charge in [0.2, 0.25) is 0 Å². The molecule has 5 nitrogen and oxygen atoms in total. The zero-order valence-corrected chi connectivity index (χ0v) is 14.4. The van der Waals surface area contributed by atoms with E-state index in [1.54, 1.807) is 6.07 Å². The van der Waals surface area contributed by atoms with Crippen molar-refractivity contribution in [3.63, 3.8) is 0 Å². The normalized spacial score (nSPS) is 11.7. The number of hydrogen-bond acceptors (Lipinski definition) is 4. The molecule has 0 radical (unpaired) electrons. The second-order valence-electron chi connectivity index (χ2n) is 5.67. The minimum absolute atomic E-state index is 0.144. The van der Waals surface area contributed by atoms with Gasteiger partial charge in [-0.2, -0.15) is 0 Å². The molecule has 2 aromatic carbocycles. The van der Waals surface area contributed by atoms with Crippen molar-refractivity contribution in [1.82, 2.24) is 0 Å². The summed E-state index contributed by atoms with van der Waals surface area (Å²) in [7, 11) is 5.49. The summed E-state index contributed by atoms with van der Waals surface area (Å²) in [6.07, 6.45) is 0.634. The Kier molecular flexibility index (Phi) is 5.68. The van der Waals surface area contributed by atoms with Crippen molar-refractivity contribution in [2.24, 2.45) is 0 Å². The second kappa shape index (κ2) is 7.73. The van der Waals surface area contributed by atoms with Gasteiger partial charge in [-0.3, -0.25) is 0 Å². The number of carboxylic acids is 1. The fourth-order valence-corrected chi connectivity index (χ4v) is 2.44. The maximum atomic E-state index is 11.1. The molecule has 0 aromatic heterocycles. The van der Waals surface area contributed by atoms with Crippen LogP contribution in [-0.4, -0.2) is 32.3 Å². The van der Waals surface area contributed by atoms with Crippen LogP contribution in [0.2, 0.25) is 0 Å². The molecule has 0 fully saturated rings. The van der Waals surface area contributed by atoms with E-state index in [4.69, 9.17) is 14.6 Å². The van der Waals surface area contributed by atoms with E-state index in [1.165, 1.54) is 19.2 Å². The molecule has 0 aliphatic carbocycles. The summed E-state index contributed by atoms with van der Waals surface area (Å²) in [4.78, 5) is 13.1. The van der Waals surface area contributed by atoms with Crippen LogP contribution in [0.4, 0.5) is 5.69 Å². The zero-order valence-electron chi connectivity index (χ0n) is 14.4. The summed E-state index contributed by atoms with van der Waals surface area (Å²) in [5.41, 5.74) is 2.33. The van der Waals surface area contributed by atoms with Crippen molar-refractivity contribution >= 4 is 11.7 Å². The third kappa shape index (κ3) is 3.98. The highest BCUT2D eigenvalue weighted by Crippen LogP contribution is 2.34. The third-order valence-corrected chi connectivity index (χ3v) is 3.81. The Morgan fingerprint density at radius 1 is 1.17 bits per heavy atom. The quantitative estimate of drug-likeness (QED) is 0.832. The maximum absolute atomic E-state index is 11.1.